The highest BCUT2D eigenvalue weighted by Crippen LogP contribution is 2.23. The lowest BCUT2D eigenvalue weighted by atomic mass is 9.96. The molecular formula is C18H22N4O3. The lowest BCUT2D eigenvalue weighted by molar-refractivity contribution is -0.121. The summed E-state index contributed by atoms with van der Waals surface area (Å²) in [4.78, 5) is 26.2. The number of anilines is 1. The Labute approximate surface area is 146 Å². The maximum Gasteiger partial charge on any atom is 0.317 e. The van der Waals surface area contributed by atoms with E-state index < -0.39 is 0 Å². The number of benzene rings is 1. The average Bonchev–Trinajstić information content (AvgIpc) is 3.45. The van der Waals surface area contributed by atoms with Gasteiger partial charge in [0.05, 0.1) is 0 Å². The van der Waals surface area contributed by atoms with Crippen LogP contribution in [0.2, 0.25) is 0 Å². The number of piperidine rings is 1. The van der Waals surface area contributed by atoms with E-state index in [1.807, 2.05) is 6.07 Å². The first kappa shape index (κ1) is 17.1. The first-order chi connectivity index (χ1) is 12.2. The number of urea groups is 1. The molecule has 7 nitrogen and oxygen atoms in total. The number of rotatable bonds is 5. The fraction of sp³-hybridized carbons (Fsp3) is 0.500. The summed E-state index contributed by atoms with van der Waals surface area (Å²) in [5.41, 5.74) is 0.697. The van der Waals surface area contributed by atoms with Crippen molar-refractivity contribution in [3.05, 3.63) is 24.3 Å². The summed E-state index contributed by atoms with van der Waals surface area (Å²) in [7, 11) is 0. The molecule has 1 saturated carbocycles. The Balaban J connectivity index is 1.44. The normalized spacial score (nSPS) is 17.5. The molecule has 3 rings (SSSR count). The van der Waals surface area contributed by atoms with Gasteiger partial charge in [0, 0.05) is 30.7 Å². The van der Waals surface area contributed by atoms with Gasteiger partial charge in [-0.1, -0.05) is 0 Å². The molecule has 2 aliphatic rings. The van der Waals surface area contributed by atoms with Crippen LogP contribution in [-0.2, 0) is 4.79 Å². The molecule has 2 N–H and O–H groups in total. The summed E-state index contributed by atoms with van der Waals surface area (Å²) in [6.45, 7) is 1.22. The molecule has 0 bridgehead atoms. The van der Waals surface area contributed by atoms with Gasteiger partial charge in [-0.05, 0) is 49.9 Å². The maximum absolute atomic E-state index is 12.4. The Morgan fingerprint density at radius 3 is 2.44 bits per heavy atom. The minimum atomic E-state index is -0.0838. The van der Waals surface area contributed by atoms with Crippen molar-refractivity contribution >= 4 is 17.6 Å². The SMILES string of the molecule is N#CCOc1ccc(NC(=O)C2CCN(C(=O)NC3CC3)CC2)cc1. The third kappa shape index (κ3) is 4.86. The van der Waals surface area contributed by atoms with E-state index in [9.17, 15) is 9.59 Å². The third-order valence-electron chi connectivity index (χ3n) is 4.48. The molecule has 1 aromatic rings. The van der Waals surface area contributed by atoms with Crippen LogP contribution < -0.4 is 15.4 Å². The molecule has 0 aromatic heterocycles. The Bertz CT molecular complexity index is 656. The third-order valence-corrected chi connectivity index (χ3v) is 4.48. The number of carbonyl (C=O) groups is 2. The molecule has 0 spiro atoms. The van der Waals surface area contributed by atoms with Crippen molar-refractivity contribution in [2.75, 3.05) is 25.0 Å². The molecule has 1 aliphatic carbocycles. The number of nitrogens with one attached hydrogen (secondary N) is 2. The Morgan fingerprint density at radius 1 is 1.16 bits per heavy atom. The summed E-state index contributed by atoms with van der Waals surface area (Å²) in [5, 5.41) is 14.4. The predicted octanol–water partition coefficient (Wildman–Crippen LogP) is 2.11. The van der Waals surface area contributed by atoms with E-state index >= 15 is 0 Å². The van der Waals surface area contributed by atoms with E-state index in [2.05, 4.69) is 10.6 Å². The monoisotopic (exact) mass is 342 g/mol. The van der Waals surface area contributed by atoms with E-state index in [0.29, 0.717) is 43.4 Å². The van der Waals surface area contributed by atoms with Gasteiger partial charge in [0.2, 0.25) is 5.91 Å². The van der Waals surface area contributed by atoms with Crippen LogP contribution in [0.1, 0.15) is 25.7 Å². The minimum absolute atomic E-state index is 0.00139. The number of nitriles is 1. The van der Waals surface area contributed by atoms with Crippen LogP contribution in [0, 0.1) is 17.2 Å². The van der Waals surface area contributed by atoms with E-state index in [1.54, 1.807) is 29.2 Å². The number of ether oxygens (including phenoxy) is 1. The molecule has 1 aliphatic heterocycles. The van der Waals surface area contributed by atoms with Gasteiger partial charge >= 0.3 is 6.03 Å². The standard InChI is InChI=1S/C18H22N4O3/c19-9-12-25-16-5-3-14(4-6-16)20-17(23)13-7-10-22(11-8-13)18(24)21-15-1-2-15/h3-6,13,15H,1-2,7-8,10-12H2,(H,20,23)(H,21,24). The second kappa shape index (κ2) is 7.88. The molecule has 7 heteroatoms. The van der Waals surface area contributed by atoms with E-state index in [4.69, 9.17) is 10.00 Å². The topological polar surface area (TPSA) is 94.5 Å². The van der Waals surface area contributed by atoms with E-state index in [1.165, 1.54) is 0 Å². The zero-order valence-electron chi connectivity index (χ0n) is 14.0. The first-order valence-corrected chi connectivity index (χ1v) is 8.62. The lowest BCUT2D eigenvalue weighted by Gasteiger charge is -2.31. The van der Waals surface area contributed by atoms with Crippen LogP contribution in [0.3, 0.4) is 0 Å². The zero-order valence-corrected chi connectivity index (χ0v) is 14.0. The highest BCUT2D eigenvalue weighted by molar-refractivity contribution is 5.92. The fourth-order valence-corrected chi connectivity index (χ4v) is 2.83. The number of hydrogen-bond donors (Lipinski definition) is 2. The second-order valence-corrected chi connectivity index (χ2v) is 6.45. The number of hydrogen-bond acceptors (Lipinski definition) is 4. The van der Waals surface area contributed by atoms with Crippen molar-refractivity contribution in [2.45, 2.75) is 31.7 Å². The van der Waals surface area contributed by atoms with Crippen molar-refractivity contribution in [1.82, 2.24) is 10.2 Å². The van der Waals surface area contributed by atoms with Gasteiger partial charge in [0.25, 0.3) is 0 Å². The largest absolute Gasteiger partial charge is 0.479 e. The van der Waals surface area contributed by atoms with Gasteiger partial charge in [-0.15, -0.1) is 0 Å². The van der Waals surface area contributed by atoms with Crippen LogP contribution in [0.5, 0.6) is 5.75 Å². The number of amides is 3. The number of nitrogens with zero attached hydrogens (tertiary/aromatic N) is 2. The molecule has 2 fully saturated rings. The lowest BCUT2D eigenvalue weighted by Crippen LogP contribution is -2.46. The minimum Gasteiger partial charge on any atom is -0.479 e. The van der Waals surface area contributed by atoms with Crippen LogP contribution in [0.25, 0.3) is 0 Å². The quantitative estimate of drug-likeness (QED) is 0.857. The van der Waals surface area contributed by atoms with Gasteiger partial charge in [-0.3, -0.25) is 4.79 Å². The summed E-state index contributed by atoms with van der Waals surface area (Å²) in [5.74, 6) is 0.488. The summed E-state index contributed by atoms with van der Waals surface area (Å²) >= 11 is 0. The van der Waals surface area contributed by atoms with Crippen LogP contribution in [0.4, 0.5) is 10.5 Å². The Morgan fingerprint density at radius 2 is 1.84 bits per heavy atom. The van der Waals surface area contributed by atoms with Crippen LogP contribution in [0.15, 0.2) is 24.3 Å². The smallest absolute Gasteiger partial charge is 0.317 e. The first-order valence-electron chi connectivity index (χ1n) is 8.62. The van der Waals surface area contributed by atoms with Gasteiger partial charge in [0.1, 0.15) is 11.8 Å². The van der Waals surface area contributed by atoms with Crippen molar-refractivity contribution in [3.63, 3.8) is 0 Å². The van der Waals surface area contributed by atoms with Gasteiger partial charge in [0.15, 0.2) is 6.61 Å². The molecule has 0 unspecified atom stereocenters. The zero-order chi connectivity index (χ0) is 17.6. The molecule has 1 saturated heterocycles. The number of likely N-dealkylation sites (tertiary alicyclic amines) is 1. The summed E-state index contributed by atoms with van der Waals surface area (Å²) < 4.78 is 5.18. The molecule has 0 radical (unpaired) electrons. The van der Waals surface area contributed by atoms with Crippen LogP contribution >= 0.6 is 0 Å². The molecule has 3 amide bonds. The van der Waals surface area contributed by atoms with Crippen molar-refractivity contribution in [2.24, 2.45) is 5.92 Å². The molecule has 1 heterocycles. The van der Waals surface area contributed by atoms with Crippen molar-refractivity contribution < 1.29 is 14.3 Å². The molecule has 1 aromatic carbocycles. The maximum atomic E-state index is 12.4. The number of carbonyl (C=O) groups excluding carboxylic acids is 2. The summed E-state index contributed by atoms with van der Waals surface area (Å²) in [6, 6.07) is 9.20. The van der Waals surface area contributed by atoms with Crippen molar-refractivity contribution in [1.29, 1.82) is 5.26 Å². The van der Waals surface area contributed by atoms with Gasteiger partial charge in [-0.25, -0.2) is 4.79 Å². The molecule has 132 valence electrons. The van der Waals surface area contributed by atoms with E-state index in [0.717, 1.165) is 12.8 Å². The highest BCUT2D eigenvalue weighted by Gasteiger charge is 2.30. The Hall–Kier alpha value is -2.75. The molecular weight excluding hydrogens is 320 g/mol. The fourth-order valence-electron chi connectivity index (χ4n) is 2.83. The predicted molar refractivity (Wildman–Crippen MR) is 92.0 cm³/mol. The van der Waals surface area contributed by atoms with E-state index in [-0.39, 0.29) is 24.5 Å². The Kier molecular flexibility index (Phi) is 5.39. The van der Waals surface area contributed by atoms with Crippen molar-refractivity contribution in [3.8, 4) is 11.8 Å². The molecule has 25 heavy (non-hydrogen) atoms. The van der Waals surface area contributed by atoms with Crippen LogP contribution in [-0.4, -0.2) is 42.6 Å². The average molecular weight is 342 g/mol. The molecule has 0 atom stereocenters. The summed E-state index contributed by atoms with van der Waals surface area (Å²) in [6.07, 6.45) is 3.50. The highest BCUT2D eigenvalue weighted by atomic mass is 16.5. The second-order valence-electron chi connectivity index (χ2n) is 6.45. The van der Waals surface area contributed by atoms with Gasteiger partial charge in [-0.2, -0.15) is 5.26 Å². The van der Waals surface area contributed by atoms with Gasteiger partial charge < -0.3 is 20.3 Å².